The lowest BCUT2D eigenvalue weighted by Gasteiger charge is -1.69. The van der Waals surface area contributed by atoms with Crippen molar-refractivity contribution in [3.63, 3.8) is 0 Å². The molecule has 4 nitrogen and oxygen atoms in total. The molecule has 0 aliphatic heterocycles. The maximum absolute atomic E-state index is 8.35. The first kappa shape index (κ1) is 5.97. The zero-order valence-corrected chi connectivity index (χ0v) is 3.76. The first-order chi connectivity index (χ1) is 2.89. The van der Waals surface area contributed by atoms with Gasteiger partial charge in [0.15, 0.2) is 0 Å². The third kappa shape index (κ3) is 1.23. The molecule has 0 aliphatic rings. The molecule has 0 aliphatic carbocycles. The Morgan fingerprint density at radius 3 is 2.57 bits per heavy atom. The molecule has 1 rings (SSSR count). The zero-order valence-electron chi connectivity index (χ0n) is 3.76. The van der Waals surface area contributed by atoms with Crippen LogP contribution in [0.1, 0.15) is 0 Å². The van der Waals surface area contributed by atoms with Crippen LogP contribution < -0.4 is 6.15 Å². The molecule has 0 aromatic carbocycles. The Labute approximate surface area is 40.8 Å². The molecule has 0 bridgehead atoms. The van der Waals surface area contributed by atoms with Gasteiger partial charge in [-0.15, -0.1) is 0 Å². The Morgan fingerprint density at radius 1 is 1.71 bits per heavy atom. The average molecular weight is 101 g/mol. The number of aromatic amines is 1. The fourth-order valence-corrected chi connectivity index (χ4v) is 0.249. The van der Waals surface area contributed by atoms with Gasteiger partial charge in [-0.25, -0.2) is 5.10 Å². The second-order valence-corrected chi connectivity index (χ2v) is 0.942. The van der Waals surface area contributed by atoms with Gasteiger partial charge in [-0.2, -0.15) is 5.10 Å². The van der Waals surface area contributed by atoms with Crippen LogP contribution in [0.25, 0.3) is 0 Å². The van der Waals surface area contributed by atoms with E-state index in [-0.39, 0.29) is 12.0 Å². The van der Waals surface area contributed by atoms with Crippen LogP contribution in [0.5, 0.6) is 5.88 Å². The number of H-pyrrole nitrogens is 1. The fraction of sp³-hybridized carbons (Fsp3) is 0. The summed E-state index contributed by atoms with van der Waals surface area (Å²) in [6.07, 6.45) is 1.48. The van der Waals surface area contributed by atoms with Gasteiger partial charge >= 0.3 is 0 Å². The van der Waals surface area contributed by atoms with Crippen molar-refractivity contribution in [2.24, 2.45) is 0 Å². The number of aromatic nitrogens is 2. The Balaban J connectivity index is 0.000000360. The molecule has 7 heavy (non-hydrogen) atoms. The Hall–Kier alpha value is -1.03. The van der Waals surface area contributed by atoms with Crippen molar-refractivity contribution in [3.8, 4) is 5.88 Å². The molecule has 40 valence electrons. The number of rotatable bonds is 0. The van der Waals surface area contributed by atoms with E-state index < -0.39 is 0 Å². The van der Waals surface area contributed by atoms with Crippen LogP contribution in [0.2, 0.25) is 0 Å². The van der Waals surface area contributed by atoms with Crippen molar-refractivity contribution in [1.29, 1.82) is 0 Å². The molecule has 0 saturated carbocycles. The highest BCUT2D eigenvalue weighted by Gasteiger charge is 1.77. The minimum absolute atomic E-state index is 0. The predicted octanol–water partition coefficient (Wildman–Crippen LogP) is 0.277. The van der Waals surface area contributed by atoms with Crippen LogP contribution >= 0.6 is 0 Å². The maximum Gasteiger partial charge on any atom is 0.206 e. The zero-order chi connectivity index (χ0) is 4.41. The summed E-state index contributed by atoms with van der Waals surface area (Å²) in [6.45, 7) is 0. The largest absolute Gasteiger partial charge is 0.494 e. The number of aromatic hydroxyl groups is 1. The quantitative estimate of drug-likeness (QED) is 0.438. The van der Waals surface area contributed by atoms with E-state index >= 15 is 0 Å². The second-order valence-electron chi connectivity index (χ2n) is 0.942. The summed E-state index contributed by atoms with van der Waals surface area (Å²) in [5.74, 6) is 0.106. The SMILES string of the molecule is N.Oc1ccn[nH]1. The van der Waals surface area contributed by atoms with Gasteiger partial charge in [0, 0.05) is 6.07 Å². The van der Waals surface area contributed by atoms with E-state index in [1.54, 1.807) is 0 Å². The summed E-state index contributed by atoms with van der Waals surface area (Å²) < 4.78 is 0. The van der Waals surface area contributed by atoms with Crippen molar-refractivity contribution >= 4 is 0 Å². The summed E-state index contributed by atoms with van der Waals surface area (Å²) in [5, 5.41) is 14.1. The highest BCUT2D eigenvalue weighted by molar-refractivity contribution is 5.00. The number of hydrogen-bond donors (Lipinski definition) is 3. The van der Waals surface area contributed by atoms with Gasteiger partial charge in [0.2, 0.25) is 5.88 Å². The van der Waals surface area contributed by atoms with Gasteiger partial charge in [-0.05, 0) is 0 Å². The number of hydrogen-bond acceptors (Lipinski definition) is 3. The van der Waals surface area contributed by atoms with E-state index in [9.17, 15) is 0 Å². The molecular weight excluding hydrogens is 94.1 g/mol. The Bertz CT molecular complexity index is 114. The van der Waals surface area contributed by atoms with Crippen molar-refractivity contribution in [2.45, 2.75) is 0 Å². The summed E-state index contributed by atoms with van der Waals surface area (Å²) in [4.78, 5) is 0. The van der Waals surface area contributed by atoms with Crippen LogP contribution in [0, 0.1) is 0 Å². The van der Waals surface area contributed by atoms with E-state index in [0.29, 0.717) is 0 Å². The molecule has 1 aromatic heterocycles. The van der Waals surface area contributed by atoms with E-state index in [0.717, 1.165) is 0 Å². The molecule has 5 N–H and O–H groups in total. The molecule has 0 fully saturated rings. The smallest absolute Gasteiger partial charge is 0.206 e. The topological polar surface area (TPSA) is 83.9 Å². The fourth-order valence-electron chi connectivity index (χ4n) is 0.249. The van der Waals surface area contributed by atoms with Crippen molar-refractivity contribution in [2.75, 3.05) is 0 Å². The molecule has 0 unspecified atom stereocenters. The summed E-state index contributed by atoms with van der Waals surface area (Å²) in [7, 11) is 0. The van der Waals surface area contributed by atoms with Crippen molar-refractivity contribution < 1.29 is 5.11 Å². The molecule has 0 radical (unpaired) electrons. The van der Waals surface area contributed by atoms with E-state index in [2.05, 4.69) is 10.2 Å². The Kier molecular flexibility index (Phi) is 1.87. The first-order valence-corrected chi connectivity index (χ1v) is 1.58. The monoisotopic (exact) mass is 101 g/mol. The lowest BCUT2D eigenvalue weighted by Crippen LogP contribution is -1.59. The summed E-state index contributed by atoms with van der Waals surface area (Å²) >= 11 is 0. The van der Waals surface area contributed by atoms with Gasteiger partial charge in [-0.1, -0.05) is 0 Å². The van der Waals surface area contributed by atoms with Gasteiger partial charge in [0.05, 0.1) is 6.20 Å². The second kappa shape index (κ2) is 2.20. The standard InChI is InChI=1S/C3H4N2O.H3N/c6-3-1-2-4-5-3;/h1-2H,(H2,4,5,6);1H3. The minimum Gasteiger partial charge on any atom is -0.494 e. The molecule has 1 heterocycles. The number of nitrogens with one attached hydrogen (secondary N) is 1. The van der Waals surface area contributed by atoms with Crippen LogP contribution in [-0.2, 0) is 0 Å². The van der Waals surface area contributed by atoms with Crippen LogP contribution in [0.4, 0.5) is 0 Å². The molecule has 4 heteroatoms. The highest BCUT2D eigenvalue weighted by atomic mass is 16.3. The third-order valence-electron chi connectivity index (χ3n) is 0.486. The third-order valence-corrected chi connectivity index (χ3v) is 0.486. The highest BCUT2D eigenvalue weighted by Crippen LogP contribution is 1.94. The minimum atomic E-state index is 0. The van der Waals surface area contributed by atoms with Crippen molar-refractivity contribution in [3.05, 3.63) is 12.3 Å². The molecule has 0 atom stereocenters. The lowest BCUT2D eigenvalue weighted by atomic mass is 10.7. The predicted molar refractivity (Wildman–Crippen MR) is 25.3 cm³/mol. The number of nitrogens with zero attached hydrogens (tertiary/aromatic N) is 1. The molecule has 0 amide bonds. The van der Waals surface area contributed by atoms with Crippen LogP contribution in [-0.4, -0.2) is 15.3 Å². The van der Waals surface area contributed by atoms with E-state index in [4.69, 9.17) is 5.11 Å². The van der Waals surface area contributed by atoms with E-state index in [1.807, 2.05) is 0 Å². The van der Waals surface area contributed by atoms with Gasteiger partial charge in [-0.3, -0.25) is 0 Å². The average Bonchev–Trinajstić information content (AvgIpc) is 1.86. The Morgan fingerprint density at radius 2 is 2.43 bits per heavy atom. The first-order valence-electron chi connectivity index (χ1n) is 1.58. The summed E-state index contributed by atoms with van der Waals surface area (Å²) in [6, 6.07) is 1.47. The van der Waals surface area contributed by atoms with Crippen LogP contribution in [0.15, 0.2) is 12.3 Å². The van der Waals surface area contributed by atoms with E-state index in [1.165, 1.54) is 12.3 Å². The maximum atomic E-state index is 8.35. The lowest BCUT2D eigenvalue weighted by molar-refractivity contribution is 0.452. The van der Waals surface area contributed by atoms with Crippen LogP contribution in [0.3, 0.4) is 0 Å². The molecule has 0 saturated heterocycles. The van der Waals surface area contributed by atoms with Gasteiger partial charge in [0.25, 0.3) is 0 Å². The summed E-state index contributed by atoms with van der Waals surface area (Å²) in [5.41, 5.74) is 0. The molecular formula is C3H7N3O. The van der Waals surface area contributed by atoms with Crippen molar-refractivity contribution in [1.82, 2.24) is 16.3 Å². The molecule has 1 aromatic rings. The van der Waals surface area contributed by atoms with Gasteiger partial charge in [0.1, 0.15) is 0 Å². The van der Waals surface area contributed by atoms with Gasteiger partial charge < -0.3 is 11.3 Å². The molecule has 0 spiro atoms. The normalized spacial score (nSPS) is 7.43.